The zero-order valence-corrected chi connectivity index (χ0v) is 13.4. The molecule has 0 spiro atoms. The molecule has 0 aliphatic carbocycles. The predicted molar refractivity (Wildman–Crippen MR) is 92.8 cm³/mol. The molecule has 6 heteroatoms. The summed E-state index contributed by atoms with van der Waals surface area (Å²) in [5.41, 5.74) is 0. The number of rotatable bonds is 4. The number of para-hydroxylation sites is 1. The van der Waals surface area contributed by atoms with Gasteiger partial charge in [-0.1, -0.05) is 18.2 Å². The van der Waals surface area contributed by atoms with Crippen LogP contribution >= 0.6 is 8.15 Å². The van der Waals surface area contributed by atoms with E-state index in [0.29, 0.717) is 16.4 Å². The van der Waals surface area contributed by atoms with Crippen LogP contribution in [0.25, 0.3) is 0 Å². The van der Waals surface area contributed by atoms with Gasteiger partial charge in [0.2, 0.25) is 0 Å². The summed E-state index contributed by atoms with van der Waals surface area (Å²) in [5, 5.41) is 40.5. The fourth-order valence-corrected chi connectivity index (χ4v) is 4.02. The third kappa shape index (κ3) is 3.36. The molecule has 0 aliphatic heterocycles. The van der Waals surface area contributed by atoms with Crippen LogP contribution in [0.2, 0.25) is 0 Å². The van der Waals surface area contributed by atoms with E-state index in [1.807, 2.05) is 6.07 Å². The van der Waals surface area contributed by atoms with Crippen molar-refractivity contribution in [2.75, 3.05) is 0 Å². The zero-order valence-electron chi connectivity index (χ0n) is 12.5. The van der Waals surface area contributed by atoms with Gasteiger partial charge in [-0.25, -0.2) is 0 Å². The highest BCUT2D eigenvalue weighted by Crippen LogP contribution is 2.43. The molecule has 122 valence electrons. The largest absolute Gasteiger partial charge is 0.508 e. The van der Waals surface area contributed by atoms with Crippen LogP contribution in [0, 0.1) is 0 Å². The highest BCUT2D eigenvalue weighted by Gasteiger charge is 2.25. The van der Waals surface area contributed by atoms with E-state index >= 15 is 0 Å². The van der Waals surface area contributed by atoms with Crippen molar-refractivity contribution in [2.24, 2.45) is 0 Å². The number of phenols is 4. The first kappa shape index (κ1) is 16.0. The normalized spacial score (nSPS) is 10.7. The second-order valence-corrected chi connectivity index (χ2v) is 6.78. The highest BCUT2D eigenvalue weighted by atomic mass is 31.1. The third-order valence-electron chi connectivity index (χ3n) is 3.30. The van der Waals surface area contributed by atoms with E-state index in [1.165, 1.54) is 36.4 Å². The molecule has 0 saturated carbocycles. The Morgan fingerprint density at radius 2 is 1.12 bits per heavy atom. The Morgan fingerprint density at radius 1 is 0.625 bits per heavy atom. The van der Waals surface area contributed by atoms with Gasteiger partial charge in [-0.05, 0) is 48.5 Å². The van der Waals surface area contributed by atoms with Crippen LogP contribution in [-0.2, 0) is 0 Å². The molecule has 0 heterocycles. The SMILES string of the molecule is Oc1ccc(O)c(P(Oc2ccccc2)c2cc(O)ccc2O)c1. The lowest BCUT2D eigenvalue weighted by molar-refractivity contribution is 0.461. The number of aromatic hydroxyl groups is 4. The first-order chi connectivity index (χ1) is 11.5. The molecule has 4 N–H and O–H groups in total. The van der Waals surface area contributed by atoms with Gasteiger partial charge in [0.05, 0.1) is 10.6 Å². The smallest absolute Gasteiger partial charge is 0.158 e. The van der Waals surface area contributed by atoms with Crippen molar-refractivity contribution in [3.63, 3.8) is 0 Å². The van der Waals surface area contributed by atoms with Gasteiger partial charge in [-0.2, -0.15) is 0 Å². The Balaban J connectivity index is 2.13. The summed E-state index contributed by atoms with van der Waals surface area (Å²) in [6, 6.07) is 17.1. The molecule has 24 heavy (non-hydrogen) atoms. The van der Waals surface area contributed by atoms with Crippen LogP contribution in [0.1, 0.15) is 0 Å². The Hall–Kier alpha value is -2.91. The minimum Gasteiger partial charge on any atom is -0.508 e. The van der Waals surface area contributed by atoms with Gasteiger partial charge < -0.3 is 24.9 Å². The number of hydrogen-bond acceptors (Lipinski definition) is 5. The van der Waals surface area contributed by atoms with Crippen LogP contribution in [0.3, 0.4) is 0 Å². The van der Waals surface area contributed by atoms with Gasteiger partial charge in [-0.3, -0.25) is 0 Å². The van der Waals surface area contributed by atoms with Crippen molar-refractivity contribution >= 4 is 18.8 Å². The van der Waals surface area contributed by atoms with Crippen molar-refractivity contribution in [2.45, 2.75) is 0 Å². The molecular weight excluding hydrogens is 327 g/mol. The molecule has 3 rings (SSSR count). The maximum atomic E-state index is 10.2. The van der Waals surface area contributed by atoms with Crippen LogP contribution in [0.5, 0.6) is 28.7 Å². The molecule has 0 aliphatic rings. The lowest BCUT2D eigenvalue weighted by Crippen LogP contribution is -2.16. The minimum atomic E-state index is -1.72. The maximum Gasteiger partial charge on any atom is 0.158 e. The summed E-state index contributed by atoms with van der Waals surface area (Å²) in [4.78, 5) is 0. The molecule has 0 atom stereocenters. The van der Waals surface area contributed by atoms with E-state index in [1.54, 1.807) is 24.3 Å². The van der Waals surface area contributed by atoms with Crippen LogP contribution in [0.4, 0.5) is 0 Å². The molecular formula is C18H15O5P. The second kappa shape index (κ2) is 6.69. The molecule has 0 fully saturated rings. The van der Waals surface area contributed by atoms with Crippen molar-refractivity contribution in [3.8, 4) is 28.7 Å². The second-order valence-electron chi connectivity index (χ2n) is 5.04. The van der Waals surface area contributed by atoms with Gasteiger partial charge in [0, 0.05) is 0 Å². The molecule has 0 bridgehead atoms. The Labute approximate surface area is 139 Å². The number of phenolic OH excluding ortho intramolecular Hbond substituents is 4. The Kier molecular flexibility index (Phi) is 4.45. The summed E-state index contributed by atoms with van der Waals surface area (Å²) in [6.07, 6.45) is 0. The van der Waals surface area contributed by atoms with Crippen LogP contribution < -0.4 is 15.1 Å². The quantitative estimate of drug-likeness (QED) is 0.432. The van der Waals surface area contributed by atoms with Gasteiger partial charge in [-0.15, -0.1) is 0 Å². The first-order valence-electron chi connectivity index (χ1n) is 7.12. The van der Waals surface area contributed by atoms with E-state index < -0.39 is 8.15 Å². The Morgan fingerprint density at radius 3 is 1.62 bits per heavy atom. The summed E-state index contributed by atoms with van der Waals surface area (Å²) in [5.74, 6) is 0.322. The van der Waals surface area contributed by atoms with Crippen molar-refractivity contribution < 1.29 is 24.9 Å². The maximum absolute atomic E-state index is 10.2. The van der Waals surface area contributed by atoms with Crippen LogP contribution in [-0.4, -0.2) is 20.4 Å². The van der Waals surface area contributed by atoms with Gasteiger partial charge >= 0.3 is 0 Å². The van der Waals surface area contributed by atoms with Gasteiger partial charge in [0.25, 0.3) is 0 Å². The van der Waals surface area contributed by atoms with E-state index in [-0.39, 0.29) is 23.0 Å². The molecule has 0 saturated heterocycles. The van der Waals surface area contributed by atoms with Gasteiger partial charge in [0.15, 0.2) is 8.15 Å². The number of hydrogen-bond donors (Lipinski definition) is 4. The van der Waals surface area contributed by atoms with E-state index in [2.05, 4.69) is 0 Å². The summed E-state index contributed by atoms with van der Waals surface area (Å²) in [7, 11) is -1.72. The van der Waals surface area contributed by atoms with Crippen molar-refractivity contribution in [1.29, 1.82) is 0 Å². The lowest BCUT2D eigenvalue weighted by Gasteiger charge is -2.21. The fourth-order valence-electron chi connectivity index (χ4n) is 2.16. The average molecular weight is 342 g/mol. The summed E-state index contributed by atoms with van der Waals surface area (Å²) < 4.78 is 5.98. The van der Waals surface area contributed by atoms with E-state index in [0.717, 1.165) is 0 Å². The molecule has 0 aromatic heterocycles. The van der Waals surface area contributed by atoms with Crippen molar-refractivity contribution in [1.82, 2.24) is 0 Å². The standard InChI is InChI=1S/C18H15O5P/c19-12-6-8-15(21)17(10-12)24(23-14-4-2-1-3-5-14)18-11-13(20)7-9-16(18)22/h1-11,19-22H. The monoisotopic (exact) mass is 342 g/mol. The number of benzene rings is 3. The van der Waals surface area contributed by atoms with Crippen LogP contribution in [0.15, 0.2) is 66.7 Å². The zero-order chi connectivity index (χ0) is 17.1. The average Bonchev–Trinajstić information content (AvgIpc) is 2.58. The minimum absolute atomic E-state index is 0.0356. The molecule has 0 unspecified atom stereocenters. The summed E-state index contributed by atoms with van der Waals surface area (Å²) in [6.45, 7) is 0. The molecule has 0 radical (unpaired) electrons. The molecule has 3 aromatic rings. The predicted octanol–water partition coefficient (Wildman–Crippen LogP) is 2.94. The fraction of sp³-hybridized carbons (Fsp3) is 0. The van der Waals surface area contributed by atoms with E-state index in [9.17, 15) is 20.4 Å². The summed E-state index contributed by atoms with van der Waals surface area (Å²) >= 11 is 0. The third-order valence-corrected chi connectivity index (χ3v) is 5.28. The van der Waals surface area contributed by atoms with Gasteiger partial charge in [0.1, 0.15) is 28.7 Å². The molecule has 0 amide bonds. The Bertz CT molecular complexity index is 800. The lowest BCUT2D eigenvalue weighted by atomic mass is 10.3. The van der Waals surface area contributed by atoms with E-state index in [4.69, 9.17) is 4.52 Å². The van der Waals surface area contributed by atoms with Crippen molar-refractivity contribution in [3.05, 3.63) is 66.7 Å². The molecule has 5 nitrogen and oxygen atoms in total. The highest BCUT2D eigenvalue weighted by molar-refractivity contribution is 7.69. The topological polar surface area (TPSA) is 90.2 Å². The first-order valence-corrected chi connectivity index (χ1v) is 8.37. The molecule has 3 aromatic carbocycles.